The first-order valence-electron chi connectivity index (χ1n) is 13.9. The monoisotopic (exact) mass is 537 g/mol. The summed E-state index contributed by atoms with van der Waals surface area (Å²) in [6.45, 7) is 17.5. The molecule has 0 spiro atoms. The van der Waals surface area contributed by atoms with E-state index in [1.807, 2.05) is 69.3 Å². The molecule has 0 aliphatic rings. The number of ether oxygens (including phenoxy) is 1. The van der Waals surface area contributed by atoms with Crippen LogP contribution in [0.2, 0.25) is 0 Å². The Bertz CT molecular complexity index is 1110. The van der Waals surface area contributed by atoms with Gasteiger partial charge in [0.15, 0.2) is 0 Å². The Morgan fingerprint density at radius 3 is 2.10 bits per heavy atom. The highest BCUT2D eigenvalue weighted by atomic mass is 16.6. The van der Waals surface area contributed by atoms with Crippen molar-refractivity contribution in [2.45, 2.75) is 105 Å². The molecule has 0 saturated carbocycles. The van der Waals surface area contributed by atoms with Crippen LogP contribution in [0.15, 0.2) is 48.5 Å². The van der Waals surface area contributed by atoms with Crippen molar-refractivity contribution in [2.24, 2.45) is 5.92 Å². The Morgan fingerprint density at radius 1 is 0.897 bits per heavy atom. The van der Waals surface area contributed by atoms with E-state index in [9.17, 15) is 14.4 Å². The van der Waals surface area contributed by atoms with Gasteiger partial charge in [0.05, 0.1) is 0 Å². The standard InChI is InChI=1S/C32H47N3O4/c1-21(2)15-17-24(5)35(30(37)25(6)34-31(38)39-32(7,8)9)28(27-18-16-22(3)23(4)19-27)29(36)33-20-26-13-11-10-12-14-26/h10-14,16,18-19,21,24-25,28H,15,17,20H2,1-9H3,(H,33,36)(H,34,38). The highest BCUT2D eigenvalue weighted by Crippen LogP contribution is 2.29. The van der Waals surface area contributed by atoms with Crippen molar-refractivity contribution in [3.63, 3.8) is 0 Å². The molecule has 214 valence electrons. The fourth-order valence-corrected chi connectivity index (χ4v) is 4.34. The van der Waals surface area contributed by atoms with E-state index < -0.39 is 23.8 Å². The first-order chi connectivity index (χ1) is 18.2. The van der Waals surface area contributed by atoms with Gasteiger partial charge in [0.25, 0.3) is 0 Å². The van der Waals surface area contributed by atoms with E-state index in [2.05, 4.69) is 24.5 Å². The fraction of sp³-hybridized carbons (Fsp3) is 0.531. The van der Waals surface area contributed by atoms with E-state index in [4.69, 9.17) is 4.74 Å². The minimum atomic E-state index is -0.891. The minimum absolute atomic E-state index is 0.253. The number of hydrogen-bond donors (Lipinski definition) is 2. The maximum Gasteiger partial charge on any atom is 0.408 e. The van der Waals surface area contributed by atoms with Gasteiger partial charge in [0.2, 0.25) is 11.8 Å². The Morgan fingerprint density at radius 2 is 1.54 bits per heavy atom. The maximum absolute atomic E-state index is 14.1. The molecule has 0 saturated heterocycles. The molecule has 0 bridgehead atoms. The molecule has 3 atom stereocenters. The van der Waals surface area contributed by atoms with E-state index in [1.165, 1.54) is 0 Å². The summed E-state index contributed by atoms with van der Waals surface area (Å²) in [7, 11) is 0. The van der Waals surface area contributed by atoms with E-state index in [1.54, 1.807) is 32.6 Å². The number of hydrogen-bond acceptors (Lipinski definition) is 4. The second-order valence-corrected chi connectivity index (χ2v) is 11.9. The highest BCUT2D eigenvalue weighted by molar-refractivity contribution is 5.92. The largest absolute Gasteiger partial charge is 0.444 e. The molecule has 2 N–H and O–H groups in total. The molecule has 3 unspecified atom stereocenters. The lowest BCUT2D eigenvalue weighted by molar-refractivity contribution is -0.145. The Balaban J connectivity index is 2.48. The summed E-state index contributed by atoms with van der Waals surface area (Å²) in [5.74, 6) is -0.166. The molecule has 0 heterocycles. The maximum atomic E-state index is 14.1. The number of benzene rings is 2. The van der Waals surface area contributed by atoms with Crippen LogP contribution >= 0.6 is 0 Å². The topological polar surface area (TPSA) is 87.7 Å². The first-order valence-corrected chi connectivity index (χ1v) is 13.9. The Labute approximate surface area is 234 Å². The van der Waals surface area contributed by atoms with Crippen LogP contribution < -0.4 is 10.6 Å². The van der Waals surface area contributed by atoms with E-state index >= 15 is 0 Å². The number of nitrogens with zero attached hydrogens (tertiary/aromatic N) is 1. The van der Waals surface area contributed by atoms with Crippen LogP contribution in [0.3, 0.4) is 0 Å². The highest BCUT2D eigenvalue weighted by Gasteiger charge is 2.37. The number of carbonyl (C=O) groups excluding carboxylic acids is 3. The third kappa shape index (κ3) is 10.0. The fourth-order valence-electron chi connectivity index (χ4n) is 4.34. The Hall–Kier alpha value is -3.35. The van der Waals surface area contributed by atoms with Gasteiger partial charge in [-0.05, 0) is 89.5 Å². The van der Waals surface area contributed by atoms with Crippen LogP contribution in [0.1, 0.15) is 89.6 Å². The summed E-state index contributed by atoms with van der Waals surface area (Å²) in [6, 6.07) is 13.5. The molecule has 2 rings (SSSR count). The van der Waals surface area contributed by atoms with Crippen molar-refractivity contribution < 1.29 is 19.1 Å². The van der Waals surface area contributed by atoms with Crippen LogP contribution in [0.4, 0.5) is 4.79 Å². The molecule has 2 aromatic rings. The average Bonchev–Trinajstić information content (AvgIpc) is 2.85. The van der Waals surface area contributed by atoms with Crippen LogP contribution in [-0.2, 0) is 20.9 Å². The molecular formula is C32H47N3O4. The molecule has 0 radical (unpaired) electrons. The summed E-state index contributed by atoms with van der Waals surface area (Å²) >= 11 is 0. The van der Waals surface area contributed by atoms with Gasteiger partial charge in [-0.3, -0.25) is 9.59 Å². The van der Waals surface area contributed by atoms with Gasteiger partial charge < -0.3 is 20.3 Å². The van der Waals surface area contributed by atoms with E-state index in [0.717, 1.165) is 35.1 Å². The molecule has 7 nitrogen and oxygen atoms in total. The molecule has 39 heavy (non-hydrogen) atoms. The van der Waals surface area contributed by atoms with Gasteiger partial charge >= 0.3 is 6.09 Å². The van der Waals surface area contributed by atoms with Crippen molar-refractivity contribution >= 4 is 17.9 Å². The molecule has 0 aliphatic heterocycles. The van der Waals surface area contributed by atoms with Gasteiger partial charge in [-0.2, -0.15) is 0 Å². The van der Waals surface area contributed by atoms with E-state index in [-0.39, 0.29) is 17.9 Å². The zero-order chi connectivity index (χ0) is 29.3. The SMILES string of the molecule is Cc1ccc(C(C(=O)NCc2ccccc2)N(C(=O)C(C)NC(=O)OC(C)(C)C)C(C)CCC(C)C)cc1C. The summed E-state index contributed by atoms with van der Waals surface area (Å²) < 4.78 is 5.39. The van der Waals surface area contributed by atoms with Crippen molar-refractivity contribution in [1.82, 2.24) is 15.5 Å². The predicted molar refractivity (Wildman–Crippen MR) is 156 cm³/mol. The molecule has 0 aromatic heterocycles. The number of amides is 3. The summed E-state index contributed by atoms with van der Waals surface area (Å²) in [6.07, 6.45) is 0.939. The predicted octanol–water partition coefficient (Wildman–Crippen LogP) is 6.23. The molecule has 3 amide bonds. The molecule has 2 aromatic carbocycles. The van der Waals surface area contributed by atoms with Crippen molar-refractivity contribution in [1.29, 1.82) is 0 Å². The second kappa shape index (κ2) is 14.2. The molecule has 0 fully saturated rings. The van der Waals surface area contributed by atoms with Crippen LogP contribution in [0, 0.1) is 19.8 Å². The number of carbonyl (C=O) groups is 3. The molecule has 7 heteroatoms. The van der Waals surface area contributed by atoms with Crippen LogP contribution in [-0.4, -0.2) is 40.5 Å². The van der Waals surface area contributed by atoms with Crippen LogP contribution in [0.5, 0.6) is 0 Å². The van der Waals surface area contributed by atoms with Gasteiger partial charge in [-0.15, -0.1) is 0 Å². The van der Waals surface area contributed by atoms with Crippen LogP contribution in [0.25, 0.3) is 0 Å². The summed E-state index contributed by atoms with van der Waals surface area (Å²) in [5.41, 5.74) is 3.15. The lowest BCUT2D eigenvalue weighted by atomic mass is 9.95. The number of nitrogens with one attached hydrogen (secondary N) is 2. The molecular weight excluding hydrogens is 490 g/mol. The van der Waals surface area contributed by atoms with Gasteiger partial charge in [-0.1, -0.05) is 62.4 Å². The summed E-state index contributed by atoms with van der Waals surface area (Å²) in [5, 5.41) is 5.73. The van der Waals surface area contributed by atoms with Gasteiger partial charge in [-0.25, -0.2) is 4.79 Å². The van der Waals surface area contributed by atoms with E-state index in [0.29, 0.717) is 12.5 Å². The number of alkyl carbamates (subject to hydrolysis) is 1. The number of rotatable bonds is 11. The average molecular weight is 538 g/mol. The first kappa shape index (κ1) is 31.9. The van der Waals surface area contributed by atoms with Gasteiger partial charge in [0, 0.05) is 12.6 Å². The van der Waals surface area contributed by atoms with Gasteiger partial charge in [0.1, 0.15) is 17.7 Å². The normalized spacial score (nSPS) is 13.8. The smallest absolute Gasteiger partial charge is 0.408 e. The number of aryl methyl sites for hydroxylation is 2. The summed E-state index contributed by atoms with van der Waals surface area (Å²) in [4.78, 5) is 42.1. The van der Waals surface area contributed by atoms with Crippen molar-refractivity contribution in [2.75, 3.05) is 0 Å². The van der Waals surface area contributed by atoms with Crippen molar-refractivity contribution in [3.05, 3.63) is 70.8 Å². The lowest BCUT2D eigenvalue weighted by Gasteiger charge is -2.38. The quantitative estimate of drug-likeness (QED) is 0.356. The third-order valence-corrected chi connectivity index (χ3v) is 6.68. The minimum Gasteiger partial charge on any atom is -0.444 e. The Kier molecular flexibility index (Phi) is 11.6. The zero-order valence-corrected chi connectivity index (χ0v) is 25.1. The zero-order valence-electron chi connectivity index (χ0n) is 25.1. The third-order valence-electron chi connectivity index (χ3n) is 6.68. The molecule has 0 aliphatic carbocycles. The lowest BCUT2D eigenvalue weighted by Crippen LogP contribution is -2.54. The second-order valence-electron chi connectivity index (χ2n) is 11.9. The van der Waals surface area contributed by atoms with Crippen molar-refractivity contribution in [3.8, 4) is 0 Å².